The molecule has 0 fully saturated rings. The second kappa shape index (κ2) is 5.20. The zero-order chi connectivity index (χ0) is 14.8. The molecule has 21 heavy (non-hydrogen) atoms. The largest absolute Gasteiger partial charge is 0.478 e. The fourth-order valence-electron chi connectivity index (χ4n) is 2.09. The monoisotopic (exact) mass is 282 g/mol. The van der Waals surface area contributed by atoms with Gasteiger partial charge in [0.2, 0.25) is 0 Å². The first-order valence-electron chi connectivity index (χ1n) is 6.29. The summed E-state index contributed by atoms with van der Waals surface area (Å²) in [7, 11) is 0. The molecule has 0 atom stereocenters. The van der Waals surface area contributed by atoms with Gasteiger partial charge in [-0.1, -0.05) is 0 Å². The number of halogens is 1. The summed E-state index contributed by atoms with van der Waals surface area (Å²) in [5.74, 6) is -1.27. The molecule has 104 valence electrons. The molecule has 0 aliphatic rings. The fourth-order valence-corrected chi connectivity index (χ4v) is 2.09. The molecule has 0 aliphatic carbocycles. The van der Waals surface area contributed by atoms with Crippen LogP contribution in [0.4, 0.5) is 4.39 Å². The molecule has 3 rings (SSSR count). The topological polar surface area (TPSA) is 55.1 Å². The molecule has 0 saturated carbocycles. The summed E-state index contributed by atoms with van der Waals surface area (Å²) in [6, 6.07) is 14.4. The van der Waals surface area contributed by atoms with Crippen molar-refractivity contribution in [3.05, 3.63) is 72.2 Å². The Bertz CT molecular complexity index is 777. The van der Waals surface area contributed by atoms with Crippen molar-refractivity contribution in [1.29, 1.82) is 0 Å². The van der Waals surface area contributed by atoms with Gasteiger partial charge in [0.1, 0.15) is 5.82 Å². The van der Waals surface area contributed by atoms with Gasteiger partial charge in [0.15, 0.2) is 0 Å². The average molecular weight is 282 g/mol. The maximum atomic E-state index is 13.0. The summed E-state index contributed by atoms with van der Waals surface area (Å²) in [5.41, 5.74) is 2.59. The van der Waals surface area contributed by atoms with Crippen LogP contribution in [0.3, 0.4) is 0 Å². The number of carbonyl (C=O) groups is 1. The number of benzene rings is 2. The van der Waals surface area contributed by atoms with Gasteiger partial charge in [0.25, 0.3) is 0 Å². The van der Waals surface area contributed by atoms with E-state index in [0.717, 1.165) is 16.9 Å². The Balaban J connectivity index is 2.02. The zero-order valence-electron chi connectivity index (χ0n) is 10.9. The normalized spacial score (nSPS) is 10.5. The molecule has 0 spiro atoms. The van der Waals surface area contributed by atoms with Gasteiger partial charge in [-0.3, -0.25) is 0 Å². The van der Waals surface area contributed by atoms with Crippen LogP contribution in [0.25, 0.3) is 16.9 Å². The maximum Gasteiger partial charge on any atom is 0.335 e. The van der Waals surface area contributed by atoms with E-state index in [9.17, 15) is 9.18 Å². The lowest BCUT2D eigenvalue weighted by atomic mass is 10.1. The standard InChI is InChI=1S/C16H11FN2O2/c17-13-5-1-11(2-6-13)15-9-10-18-19(15)14-7-3-12(4-8-14)16(20)21/h1-10H,(H,20,21). The summed E-state index contributed by atoms with van der Waals surface area (Å²) < 4.78 is 14.7. The number of hydrogen-bond donors (Lipinski definition) is 1. The number of carboxylic acid groups (broad SMARTS) is 1. The SMILES string of the molecule is O=C(O)c1ccc(-n2nccc2-c2ccc(F)cc2)cc1. The van der Waals surface area contributed by atoms with E-state index in [1.54, 1.807) is 35.1 Å². The molecule has 0 unspecified atom stereocenters. The smallest absolute Gasteiger partial charge is 0.335 e. The molecule has 0 bridgehead atoms. The minimum atomic E-state index is -0.972. The van der Waals surface area contributed by atoms with E-state index in [0.29, 0.717) is 0 Å². The number of aromatic carboxylic acids is 1. The molecule has 1 N–H and O–H groups in total. The molecular weight excluding hydrogens is 271 g/mol. The Labute approximate surface area is 120 Å². The zero-order valence-corrected chi connectivity index (χ0v) is 10.9. The molecular formula is C16H11FN2O2. The van der Waals surface area contributed by atoms with Crippen molar-refractivity contribution in [2.45, 2.75) is 0 Å². The van der Waals surface area contributed by atoms with Crippen molar-refractivity contribution in [2.75, 3.05) is 0 Å². The van der Waals surface area contributed by atoms with Gasteiger partial charge >= 0.3 is 5.97 Å². The van der Waals surface area contributed by atoms with Crippen molar-refractivity contribution in [3.63, 3.8) is 0 Å². The number of nitrogens with zero attached hydrogens (tertiary/aromatic N) is 2. The van der Waals surface area contributed by atoms with E-state index < -0.39 is 5.97 Å². The Hall–Kier alpha value is -2.95. The minimum Gasteiger partial charge on any atom is -0.478 e. The van der Waals surface area contributed by atoms with E-state index in [1.165, 1.54) is 24.3 Å². The molecule has 0 radical (unpaired) electrons. The quantitative estimate of drug-likeness (QED) is 0.801. The molecule has 0 saturated heterocycles. The summed E-state index contributed by atoms with van der Waals surface area (Å²) in [6.45, 7) is 0. The lowest BCUT2D eigenvalue weighted by Crippen LogP contribution is -2.01. The second-order valence-electron chi connectivity index (χ2n) is 4.49. The lowest BCUT2D eigenvalue weighted by molar-refractivity contribution is 0.0697. The van der Waals surface area contributed by atoms with Crippen LogP contribution in [0.15, 0.2) is 60.8 Å². The summed E-state index contributed by atoms with van der Waals surface area (Å²) in [4.78, 5) is 10.9. The van der Waals surface area contributed by atoms with E-state index in [2.05, 4.69) is 5.10 Å². The van der Waals surface area contributed by atoms with Gasteiger partial charge in [-0.15, -0.1) is 0 Å². The van der Waals surface area contributed by atoms with Gasteiger partial charge in [-0.2, -0.15) is 5.10 Å². The molecule has 0 aliphatic heterocycles. The van der Waals surface area contributed by atoms with Crippen LogP contribution < -0.4 is 0 Å². The van der Waals surface area contributed by atoms with E-state index >= 15 is 0 Å². The van der Waals surface area contributed by atoms with Crippen LogP contribution in [-0.2, 0) is 0 Å². The van der Waals surface area contributed by atoms with Crippen LogP contribution in [0.1, 0.15) is 10.4 Å². The summed E-state index contributed by atoms with van der Waals surface area (Å²) in [5, 5.41) is 13.1. The van der Waals surface area contributed by atoms with E-state index in [1.807, 2.05) is 6.07 Å². The first-order chi connectivity index (χ1) is 10.1. The van der Waals surface area contributed by atoms with Gasteiger partial charge in [-0.05, 0) is 54.6 Å². The van der Waals surface area contributed by atoms with Crippen LogP contribution >= 0.6 is 0 Å². The second-order valence-corrected chi connectivity index (χ2v) is 4.49. The molecule has 2 aromatic carbocycles. The number of rotatable bonds is 3. The van der Waals surface area contributed by atoms with E-state index in [-0.39, 0.29) is 11.4 Å². The van der Waals surface area contributed by atoms with Crippen LogP contribution in [-0.4, -0.2) is 20.9 Å². The molecule has 1 aromatic heterocycles. The third-order valence-corrected chi connectivity index (χ3v) is 3.14. The predicted octanol–water partition coefficient (Wildman–Crippen LogP) is 3.38. The van der Waals surface area contributed by atoms with Crippen LogP contribution in [0.2, 0.25) is 0 Å². The van der Waals surface area contributed by atoms with Crippen molar-refractivity contribution < 1.29 is 14.3 Å². The van der Waals surface area contributed by atoms with Crippen molar-refractivity contribution in [2.24, 2.45) is 0 Å². The number of aromatic nitrogens is 2. The highest BCUT2D eigenvalue weighted by Crippen LogP contribution is 2.22. The Kier molecular flexibility index (Phi) is 3.23. The minimum absolute atomic E-state index is 0.217. The Morgan fingerprint density at radius 2 is 1.67 bits per heavy atom. The molecule has 3 aromatic rings. The summed E-state index contributed by atoms with van der Waals surface area (Å²) in [6.07, 6.45) is 1.64. The third kappa shape index (κ3) is 2.53. The van der Waals surface area contributed by atoms with Gasteiger partial charge in [0.05, 0.1) is 23.1 Å². The number of hydrogen-bond acceptors (Lipinski definition) is 2. The molecule has 0 amide bonds. The molecule has 1 heterocycles. The lowest BCUT2D eigenvalue weighted by Gasteiger charge is -2.08. The van der Waals surface area contributed by atoms with Crippen LogP contribution in [0, 0.1) is 5.82 Å². The highest BCUT2D eigenvalue weighted by molar-refractivity contribution is 5.87. The molecule has 5 heteroatoms. The van der Waals surface area contributed by atoms with Gasteiger partial charge < -0.3 is 5.11 Å². The first kappa shape index (κ1) is 13.1. The average Bonchev–Trinajstić information content (AvgIpc) is 2.97. The third-order valence-electron chi connectivity index (χ3n) is 3.14. The molecule has 4 nitrogen and oxygen atoms in total. The predicted molar refractivity (Wildman–Crippen MR) is 75.9 cm³/mol. The van der Waals surface area contributed by atoms with Crippen molar-refractivity contribution in [1.82, 2.24) is 9.78 Å². The van der Waals surface area contributed by atoms with Crippen LogP contribution in [0.5, 0.6) is 0 Å². The number of carboxylic acids is 1. The Morgan fingerprint density at radius 1 is 1.00 bits per heavy atom. The summed E-state index contributed by atoms with van der Waals surface area (Å²) >= 11 is 0. The highest BCUT2D eigenvalue weighted by atomic mass is 19.1. The first-order valence-corrected chi connectivity index (χ1v) is 6.29. The van der Waals surface area contributed by atoms with Crippen molar-refractivity contribution >= 4 is 5.97 Å². The van der Waals surface area contributed by atoms with E-state index in [4.69, 9.17) is 5.11 Å². The van der Waals surface area contributed by atoms with Gasteiger partial charge in [0, 0.05) is 5.56 Å². The Morgan fingerprint density at radius 3 is 2.29 bits per heavy atom. The van der Waals surface area contributed by atoms with Crippen molar-refractivity contribution in [3.8, 4) is 16.9 Å². The fraction of sp³-hybridized carbons (Fsp3) is 0. The highest BCUT2D eigenvalue weighted by Gasteiger charge is 2.09. The van der Waals surface area contributed by atoms with Gasteiger partial charge in [-0.25, -0.2) is 13.9 Å². The maximum absolute atomic E-state index is 13.0.